The van der Waals surface area contributed by atoms with E-state index in [4.69, 9.17) is 16.3 Å². The lowest BCUT2D eigenvalue weighted by molar-refractivity contribution is -0.126. The molecular formula is C15H18ClNO3. The Morgan fingerprint density at radius 2 is 2.15 bits per heavy atom. The van der Waals surface area contributed by atoms with Gasteiger partial charge in [-0.1, -0.05) is 24.9 Å². The Bertz CT molecular complexity index is 556. The molecule has 20 heavy (non-hydrogen) atoms. The van der Waals surface area contributed by atoms with Crippen LogP contribution in [0.4, 0.5) is 5.69 Å². The van der Waals surface area contributed by atoms with Crippen molar-refractivity contribution in [2.24, 2.45) is 0 Å². The fourth-order valence-electron chi connectivity index (χ4n) is 2.31. The van der Waals surface area contributed by atoms with E-state index < -0.39 is 6.10 Å². The Morgan fingerprint density at radius 3 is 2.75 bits per heavy atom. The zero-order valence-electron chi connectivity index (χ0n) is 11.9. The third-order valence-electron chi connectivity index (χ3n) is 3.46. The van der Waals surface area contributed by atoms with Crippen LogP contribution in [0.5, 0.6) is 5.75 Å². The van der Waals surface area contributed by atoms with Crippen molar-refractivity contribution in [3.63, 3.8) is 0 Å². The van der Waals surface area contributed by atoms with Crippen LogP contribution in [-0.4, -0.2) is 24.8 Å². The molecule has 1 aromatic rings. The molecule has 0 aliphatic carbocycles. The second-order valence-corrected chi connectivity index (χ2v) is 5.44. The van der Waals surface area contributed by atoms with Gasteiger partial charge >= 0.3 is 0 Å². The Kier molecular flexibility index (Phi) is 4.33. The molecule has 0 fully saturated rings. The van der Waals surface area contributed by atoms with Crippen LogP contribution < -0.4 is 9.64 Å². The Hall–Kier alpha value is -1.55. The van der Waals surface area contributed by atoms with Crippen molar-refractivity contribution in [3.05, 3.63) is 22.7 Å². The maximum Gasteiger partial charge on any atom is 0.267 e. The Balaban J connectivity index is 2.46. The molecule has 0 saturated carbocycles. The van der Waals surface area contributed by atoms with Gasteiger partial charge in [0.05, 0.1) is 11.3 Å². The van der Waals surface area contributed by atoms with E-state index in [1.165, 1.54) is 11.8 Å². The van der Waals surface area contributed by atoms with E-state index >= 15 is 0 Å². The molecule has 0 radical (unpaired) electrons. The highest BCUT2D eigenvalue weighted by Gasteiger charge is 2.34. The molecule has 0 N–H and O–H groups in total. The van der Waals surface area contributed by atoms with Gasteiger partial charge in [-0.25, -0.2) is 0 Å². The second-order valence-electron chi connectivity index (χ2n) is 5.00. The van der Waals surface area contributed by atoms with Gasteiger partial charge in [-0.05, 0) is 31.9 Å². The number of halogens is 1. The van der Waals surface area contributed by atoms with E-state index in [1.54, 1.807) is 19.2 Å². The van der Waals surface area contributed by atoms with Gasteiger partial charge in [-0.15, -0.1) is 0 Å². The molecule has 1 aliphatic heterocycles. The number of benzene rings is 1. The van der Waals surface area contributed by atoms with Gasteiger partial charge < -0.3 is 9.64 Å². The molecule has 1 aliphatic rings. The van der Waals surface area contributed by atoms with Crippen LogP contribution in [0.3, 0.4) is 0 Å². The number of carbonyl (C=O) groups excluding carboxylic acids is 2. The number of nitrogens with zero attached hydrogens (tertiary/aromatic N) is 1. The lowest BCUT2D eigenvalue weighted by Gasteiger charge is -2.33. The average Bonchev–Trinajstić information content (AvgIpc) is 2.41. The third-order valence-corrected chi connectivity index (χ3v) is 3.68. The number of rotatable bonds is 4. The highest BCUT2D eigenvalue weighted by atomic mass is 35.5. The van der Waals surface area contributed by atoms with E-state index in [0.717, 1.165) is 12.8 Å². The predicted octanol–water partition coefficient (Wildman–Crippen LogP) is 3.46. The van der Waals surface area contributed by atoms with Crippen molar-refractivity contribution < 1.29 is 14.3 Å². The fraction of sp³-hybridized carbons (Fsp3) is 0.467. The number of unbranched alkanes of at least 4 members (excludes halogenated alkanes) is 1. The molecule has 1 atom stereocenters. The van der Waals surface area contributed by atoms with Gasteiger partial charge in [0.1, 0.15) is 0 Å². The maximum atomic E-state index is 12.3. The predicted molar refractivity (Wildman–Crippen MR) is 78.8 cm³/mol. The number of ketones is 1. The summed E-state index contributed by atoms with van der Waals surface area (Å²) in [5.41, 5.74) is 0.980. The molecule has 1 amide bonds. The van der Waals surface area contributed by atoms with Gasteiger partial charge in [0.25, 0.3) is 5.91 Å². The van der Waals surface area contributed by atoms with E-state index in [1.807, 2.05) is 0 Å². The van der Waals surface area contributed by atoms with Crippen LogP contribution in [0.2, 0.25) is 5.02 Å². The quantitative estimate of drug-likeness (QED) is 0.799. The number of carbonyl (C=O) groups is 2. The first-order valence-electron chi connectivity index (χ1n) is 6.74. The lowest BCUT2D eigenvalue weighted by Crippen LogP contribution is -2.44. The number of anilines is 1. The first-order valence-corrected chi connectivity index (χ1v) is 7.12. The summed E-state index contributed by atoms with van der Waals surface area (Å²) in [6.45, 7) is 3.53. The van der Waals surface area contributed by atoms with Crippen molar-refractivity contribution in [2.45, 2.75) is 39.2 Å². The lowest BCUT2D eigenvalue weighted by atomic mass is 10.0. The number of hydrogen-bond acceptors (Lipinski definition) is 3. The topological polar surface area (TPSA) is 46.6 Å². The molecule has 108 valence electrons. The van der Waals surface area contributed by atoms with Crippen molar-refractivity contribution >= 4 is 29.0 Å². The summed E-state index contributed by atoms with van der Waals surface area (Å²) in [6, 6.07) is 3.24. The van der Waals surface area contributed by atoms with Crippen LogP contribution in [0, 0.1) is 0 Å². The monoisotopic (exact) mass is 295 g/mol. The van der Waals surface area contributed by atoms with Crippen LogP contribution in [0.1, 0.15) is 43.5 Å². The molecule has 0 saturated heterocycles. The Morgan fingerprint density at radius 1 is 1.45 bits per heavy atom. The van der Waals surface area contributed by atoms with Crippen LogP contribution in [0.15, 0.2) is 12.1 Å². The number of fused-ring (bicyclic) bond motifs is 1. The van der Waals surface area contributed by atoms with Crippen molar-refractivity contribution in [3.8, 4) is 5.75 Å². The summed E-state index contributed by atoms with van der Waals surface area (Å²) in [5.74, 6) is 0.244. The molecule has 2 rings (SSSR count). The molecule has 0 spiro atoms. The van der Waals surface area contributed by atoms with Gasteiger partial charge in [-0.2, -0.15) is 0 Å². The van der Waals surface area contributed by atoms with Crippen molar-refractivity contribution in [2.75, 3.05) is 11.9 Å². The molecule has 0 bridgehead atoms. The summed E-state index contributed by atoms with van der Waals surface area (Å²) in [7, 11) is 1.68. The summed E-state index contributed by atoms with van der Waals surface area (Å²) >= 11 is 6.01. The van der Waals surface area contributed by atoms with Gasteiger partial charge in [0, 0.05) is 12.1 Å². The first kappa shape index (κ1) is 14.9. The highest BCUT2D eigenvalue weighted by Crippen LogP contribution is 2.39. The average molecular weight is 296 g/mol. The maximum absolute atomic E-state index is 12.3. The molecule has 5 heteroatoms. The van der Waals surface area contributed by atoms with Crippen molar-refractivity contribution in [1.82, 2.24) is 0 Å². The summed E-state index contributed by atoms with van der Waals surface area (Å²) in [4.78, 5) is 25.5. The molecule has 0 aromatic heterocycles. The smallest absolute Gasteiger partial charge is 0.267 e. The van der Waals surface area contributed by atoms with E-state index in [-0.39, 0.29) is 11.7 Å². The van der Waals surface area contributed by atoms with Crippen molar-refractivity contribution in [1.29, 1.82) is 0 Å². The molecule has 4 nitrogen and oxygen atoms in total. The molecule has 1 aromatic carbocycles. The second kappa shape index (κ2) is 5.83. The molecule has 1 heterocycles. The van der Waals surface area contributed by atoms with E-state index in [0.29, 0.717) is 28.4 Å². The van der Waals surface area contributed by atoms with Crippen LogP contribution in [-0.2, 0) is 4.79 Å². The normalized spacial score (nSPS) is 17.7. The molecular weight excluding hydrogens is 278 g/mol. The number of amides is 1. The molecule has 1 unspecified atom stereocenters. The zero-order valence-corrected chi connectivity index (χ0v) is 12.7. The number of likely N-dealkylation sites (N-methyl/N-ethyl adjacent to an activating group) is 1. The SMILES string of the molecule is CCCCC1Oc2c(C(C)=O)cc(Cl)cc2N(C)C1=O. The van der Waals surface area contributed by atoms with Crippen LogP contribution >= 0.6 is 11.6 Å². The minimum Gasteiger partial charge on any atom is -0.478 e. The number of ether oxygens (including phenoxy) is 1. The minimum absolute atomic E-state index is 0.0947. The number of Topliss-reactive ketones (excluding diaryl/α,β-unsaturated/α-hetero) is 1. The zero-order chi connectivity index (χ0) is 14.9. The standard InChI is InChI=1S/C15H18ClNO3/c1-4-5-6-13-15(19)17(3)12-8-10(16)7-11(9(2)18)14(12)20-13/h7-8,13H,4-6H2,1-3H3. The summed E-state index contributed by atoms with van der Waals surface area (Å²) in [6.07, 6.45) is 2.03. The third kappa shape index (κ3) is 2.66. The van der Waals surface area contributed by atoms with E-state index in [2.05, 4.69) is 6.92 Å². The summed E-state index contributed by atoms with van der Waals surface area (Å²) in [5, 5.41) is 0.421. The first-order chi connectivity index (χ1) is 9.45. The van der Waals surface area contributed by atoms with Crippen LogP contribution in [0.25, 0.3) is 0 Å². The fourth-order valence-corrected chi connectivity index (χ4v) is 2.53. The van der Waals surface area contributed by atoms with Gasteiger partial charge in [0.2, 0.25) is 0 Å². The highest BCUT2D eigenvalue weighted by molar-refractivity contribution is 6.31. The largest absolute Gasteiger partial charge is 0.478 e. The van der Waals surface area contributed by atoms with Gasteiger partial charge in [0.15, 0.2) is 17.6 Å². The number of hydrogen-bond donors (Lipinski definition) is 0. The minimum atomic E-state index is -0.522. The van der Waals surface area contributed by atoms with E-state index in [9.17, 15) is 9.59 Å². The summed E-state index contributed by atoms with van der Waals surface area (Å²) < 4.78 is 5.79. The Labute approximate surface area is 123 Å². The van der Waals surface area contributed by atoms with Gasteiger partial charge in [-0.3, -0.25) is 9.59 Å².